The maximum atomic E-state index is 12.2. The highest BCUT2D eigenvalue weighted by molar-refractivity contribution is 9.10. The van der Waals surface area contributed by atoms with Gasteiger partial charge in [-0.3, -0.25) is 4.79 Å². The highest BCUT2D eigenvalue weighted by Crippen LogP contribution is 2.22. The number of aryl methyl sites for hydroxylation is 1. The molecule has 1 heterocycles. The van der Waals surface area contributed by atoms with E-state index < -0.39 is 0 Å². The summed E-state index contributed by atoms with van der Waals surface area (Å²) >= 11 is 3.42. The van der Waals surface area contributed by atoms with Gasteiger partial charge in [0.15, 0.2) is 0 Å². The number of nitrogens with one attached hydrogen (secondary N) is 1. The van der Waals surface area contributed by atoms with Crippen LogP contribution in [0.1, 0.15) is 28.7 Å². The van der Waals surface area contributed by atoms with Gasteiger partial charge in [0.25, 0.3) is 5.91 Å². The molecule has 1 amide bonds. The Morgan fingerprint density at radius 1 is 1.33 bits per heavy atom. The average Bonchev–Trinajstić information content (AvgIpc) is 2.75. The first-order chi connectivity index (χ1) is 9.93. The quantitative estimate of drug-likeness (QED) is 0.890. The molecule has 0 saturated carbocycles. The van der Waals surface area contributed by atoms with E-state index in [-0.39, 0.29) is 18.6 Å². The molecule has 0 aliphatic carbocycles. The smallest absolute Gasteiger partial charge is 0.253 e. The summed E-state index contributed by atoms with van der Waals surface area (Å²) in [7, 11) is 0. The lowest BCUT2D eigenvalue weighted by atomic mass is 10.2. The number of hydrogen-bond acceptors (Lipinski definition) is 2. The van der Waals surface area contributed by atoms with E-state index >= 15 is 0 Å². The molecule has 0 bridgehead atoms. The molecule has 2 aromatic rings. The fourth-order valence-corrected chi connectivity index (χ4v) is 2.59. The van der Waals surface area contributed by atoms with E-state index in [0.717, 1.165) is 21.5 Å². The summed E-state index contributed by atoms with van der Waals surface area (Å²) in [6.07, 6.45) is 0. The SMILES string of the molecule is Cc1cc(C(=O)N[C@@H](C)CO)c(C)n1-c1ccc(Br)cc1. The fraction of sp³-hybridized carbons (Fsp3) is 0.312. The van der Waals surface area contributed by atoms with Crippen molar-refractivity contribution in [2.24, 2.45) is 0 Å². The van der Waals surface area contributed by atoms with Crippen LogP contribution in [-0.2, 0) is 0 Å². The van der Waals surface area contributed by atoms with E-state index in [2.05, 4.69) is 21.2 Å². The Hall–Kier alpha value is -1.59. The van der Waals surface area contributed by atoms with Crippen LogP contribution in [0, 0.1) is 13.8 Å². The number of amides is 1. The Balaban J connectivity index is 2.38. The molecule has 0 spiro atoms. The van der Waals surface area contributed by atoms with E-state index in [0.29, 0.717) is 5.56 Å². The van der Waals surface area contributed by atoms with Crippen LogP contribution < -0.4 is 5.32 Å². The number of halogens is 1. The van der Waals surface area contributed by atoms with Gasteiger partial charge in [-0.25, -0.2) is 0 Å². The Morgan fingerprint density at radius 2 is 1.95 bits per heavy atom. The highest BCUT2D eigenvalue weighted by Gasteiger charge is 2.17. The number of aliphatic hydroxyl groups is 1. The third-order valence-corrected chi connectivity index (χ3v) is 3.94. The highest BCUT2D eigenvalue weighted by atomic mass is 79.9. The van der Waals surface area contributed by atoms with Gasteiger partial charge in [0.2, 0.25) is 0 Å². The van der Waals surface area contributed by atoms with Crippen molar-refractivity contribution < 1.29 is 9.90 Å². The van der Waals surface area contributed by atoms with Crippen LogP contribution in [0.25, 0.3) is 5.69 Å². The van der Waals surface area contributed by atoms with Gasteiger partial charge in [-0.15, -0.1) is 0 Å². The largest absolute Gasteiger partial charge is 0.394 e. The van der Waals surface area contributed by atoms with E-state index in [4.69, 9.17) is 5.11 Å². The zero-order valence-electron chi connectivity index (χ0n) is 12.4. The summed E-state index contributed by atoms with van der Waals surface area (Å²) < 4.78 is 3.06. The molecule has 0 radical (unpaired) electrons. The van der Waals surface area contributed by atoms with Crippen molar-refractivity contribution in [2.75, 3.05) is 6.61 Å². The molecule has 5 heteroatoms. The molecule has 0 aliphatic heterocycles. The minimum atomic E-state index is -0.256. The summed E-state index contributed by atoms with van der Waals surface area (Å²) in [5, 5.41) is 11.8. The first kappa shape index (κ1) is 15.8. The molecule has 4 nitrogen and oxygen atoms in total. The monoisotopic (exact) mass is 350 g/mol. The lowest BCUT2D eigenvalue weighted by Gasteiger charge is -2.12. The summed E-state index contributed by atoms with van der Waals surface area (Å²) in [5.74, 6) is -0.159. The van der Waals surface area contributed by atoms with Crippen LogP contribution in [0.15, 0.2) is 34.8 Å². The number of nitrogens with zero attached hydrogens (tertiary/aromatic N) is 1. The standard InChI is InChI=1S/C16H19BrN2O2/c1-10(9-20)18-16(21)15-8-11(2)19(12(15)3)14-6-4-13(17)5-7-14/h4-8,10,20H,9H2,1-3H3,(H,18,21)/t10-/m0/s1. The van der Waals surface area contributed by atoms with Gasteiger partial charge in [-0.1, -0.05) is 15.9 Å². The fourth-order valence-electron chi connectivity index (χ4n) is 2.33. The summed E-state index contributed by atoms with van der Waals surface area (Å²) in [5.41, 5.74) is 3.53. The predicted molar refractivity (Wildman–Crippen MR) is 87.0 cm³/mol. The second-order valence-electron chi connectivity index (χ2n) is 5.15. The maximum Gasteiger partial charge on any atom is 0.253 e. The van der Waals surface area contributed by atoms with Crippen molar-refractivity contribution in [1.82, 2.24) is 9.88 Å². The third-order valence-electron chi connectivity index (χ3n) is 3.41. The second-order valence-corrected chi connectivity index (χ2v) is 6.07. The normalized spacial score (nSPS) is 12.2. The van der Waals surface area contributed by atoms with Crippen molar-refractivity contribution in [2.45, 2.75) is 26.8 Å². The molecule has 1 aromatic heterocycles. The second kappa shape index (κ2) is 6.45. The molecule has 0 aliphatic rings. The van der Waals surface area contributed by atoms with Gasteiger partial charge < -0.3 is 15.0 Å². The number of carbonyl (C=O) groups is 1. The van der Waals surface area contributed by atoms with E-state index in [1.165, 1.54) is 0 Å². The molecule has 2 N–H and O–H groups in total. The molecule has 0 fully saturated rings. The number of aromatic nitrogens is 1. The molecule has 1 atom stereocenters. The van der Waals surface area contributed by atoms with Crippen molar-refractivity contribution in [3.63, 3.8) is 0 Å². The lowest BCUT2D eigenvalue weighted by molar-refractivity contribution is 0.0921. The summed E-state index contributed by atoms with van der Waals surface area (Å²) in [6, 6.07) is 9.57. The number of benzene rings is 1. The van der Waals surface area contributed by atoms with Gasteiger partial charge in [0.05, 0.1) is 12.2 Å². The first-order valence-electron chi connectivity index (χ1n) is 6.80. The molecule has 2 rings (SSSR count). The minimum absolute atomic E-state index is 0.0722. The van der Waals surface area contributed by atoms with Crippen LogP contribution in [-0.4, -0.2) is 28.2 Å². The molecular weight excluding hydrogens is 332 g/mol. The van der Waals surface area contributed by atoms with Crippen molar-refractivity contribution in [3.8, 4) is 5.69 Å². The van der Waals surface area contributed by atoms with Gasteiger partial charge >= 0.3 is 0 Å². The topological polar surface area (TPSA) is 54.3 Å². The molecule has 1 aromatic carbocycles. The van der Waals surface area contributed by atoms with E-state index in [1.807, 2.05) is 48.7 Å². The van der Waals surface area contributed by atoms with Crippen LogP contribution in [0.2, 0.25) is 0 Å². The van der Waals surface area contributed by atoms with Crippen molar-refractivity contribution in [3.05, 3.63) is 51.8 Å². The minimum Gasteiger partial charge on any atom is -0.394 e. The van der Waals surface area contributed by atoms with E-state index in [9.17, 15) is 4.79 Å². The van der Waals surface area contributed by atoms with Crippen molar-refractivity contribution >= 4 is 21.8 Å². The van der Waals surface area contributed by atoms with Crippen LogP contribution in [0.5, 0.6) is 0 Å². The molecule has 112 valence electrons. The van der Waals surface area contributed by atoms with Crippen LogP contribution >= 0.6 is 15.9 Å². The zero-order valence-corrected chi connectivity index (χ0v) is 13.9. The Morgan fingerprint density at radius 3 is 2.52 bits per heavy atom. The first-order valence-corrected chi connectivity index (χ1v) is 7.60. The van der Waals surface area contributed by atoms with Gasteiger partial charge in [-0.2, -0.15) is 0 Å². The van der Waals surface area contributed by atoms with Gasteiger partial charge in [0, 0.05) is 27.6 Å². The maximum absolute atomic E-state index is 12.2. The lowest BCUT2D eigenvalue weighted by Crippen LogP contribution is -2.35. The Bertz CT molecular complexity index is 647. The Kier molecular flexibility index (Phi) is 4.85. The number of aliphatic hydroxyl groups excluding tert-OH is 1. The predicted octanol–water partition coefficient (Wildman–Crippen LogP) is 2.97. The van der Waals surface area contributed by atoms with Crippen LogP contribution in [0.3, 0.4) is 0 Å². The average molecular weight is 351 g/mol. The molecule has 21 heavy (non-hydrogen) atoms. The molecular formula is C16H19BrN2O2. The summed E-state index contributed by atoms with van der Waals surface area (Å²) in [6.45, 7) is 5.60. The summed E-state index contributed by atoms with van der Waals surface area (Å²) in [4.78, 5) is 12.2. The molecule has 0 saturated heterocycles. The van der Waals surface area contributed by atoms with Gasteiger partial charge in [-0.05, 0) is 51.1 Å². The number of carbonyl (C=O) groups excluding carboxylic acids is 1. The zero-order chi connectivity index (χ0) is 15.6. The number of rotatable bonds is 4. The number of hydrogen-bond donors (Lipinski definition) is 2. The third kappa shape index (κ3) is 3.36. The van der Waals surface area contributed by atoms with Crippen molar-refractivity contribution in [1.29, 1.82) is 0 Å². The van der Waals surface area contributed by atoms with Gasteiger partial charge in [0.1, 0.15) is 0 Å². The van der Waals surface area contributed by atoms with E-state index in [1.54, 1.807) is 6.92 Å². The van der Waals surface area contributed by atoms with Crippen LogP contribution in [0.4, 0.5) is 0 Å². The Labute approximate surface area is 132 Å². The molecule has 0 unspecified atom stereocenters.